The van der Waals surface area contributed by atoms with Gasteiger partial charge in [0.1, 0.15) is 5.82 Å². The molecule has 25 heavy (non-hydrogen) atoms. The number of anilines is 1. The van der Waals surface area contributed by atoms with Crippen LogP contribution in [0.4, 0.5) is 10.1 Å². The molecule has 3 rings (SSSR count). The zero-order valence-corrected chi connectivity index (χ0v) is 15.8. The van der Waals surface area contributed by atoms with E-state index in [1.165, 1.54) is 38.4 Å². The van der Waals surface area contributed by atoms with E-state index in [0.717, 1.165) is 25.9 Å². The summed E-state index contributed by atoms with van der Waals surface area (Å²) in [5.74, 6) is -0.343. The summed E-state index contributed by atoms with van der Waals surface area (Å²) in [4.78, 5) is 17.0. The minimum atomic E-state index is -0.282. The highest BCUT2D eigenvalue weighted by Gasteiger charge is 2.26. The molecule has 0 aromatic heterocycles. The molecule has 0 bridgehead atoms. The molecule has 2 aliphatic rings. The maximum absolute atomic E-state index is 13.5. The van der Waals surface area contributed by atoms with Crippen LogP contribution in [0.1, 0.15) is 37.7 Å². The summed E-state index contributed by atoms with van der Waals surface area (Å²) in [5, 5.41) is 2.80. The summed E-state index contributed by atoms with van der Waals surface area (Å²) in [6.45, 7) is 6.53. The number of amides is 1. The van der Waals surface area contributed by atoms with Crippen molar-refractivity contribution in [3.05, 3.63) is 29.6 Å². The van der Waals surface area contributed by atoms with Crippen molar-refractivity contribution in [2.24, 2.45) is 0 Å². The fraction of sp³-hybridized carbons (Fsp3) is 0.632. The van der Waals surface area contributed by atoms with Crippen LogP contribution < -0.4 is 5.32 Å². The highest BCUT2D eigenvalue weighted by Crippen LogP contribution is 2.21. The van der Waals surface area contributed by atoms with E-state index in [1.54, 1.807) is 19.1 Å². The molecule has 6 heteroatoms. The van der Waals surface area contributed by atoms with Gasteiger partial charge in [0.05, 0.1) is 6.54 Å². The van der Waals surface area contributed by atoms with Gasteiger partial charge in [0.2, 0.25) is 5.91 Å². The van der Waals surface area contributed by atoms with Crippen LogP contribution >= 0.6 is 12.4 Å². The van der Waals surface area contributed by atoms with E-state index in [-0.39, 0.29) is 24.1 Å². The monoisotopic (exact) mass is 369 g/mol. The first-order valence-electron chi connectivity index (χ1n) is 9.14. The van der Waals surface area contributed by atoms with Gasteiger partial charge in [-0.1, -0.05) is 12.5 Å². The molecule has 140 valence electrons. The van der Waals surface area contributed by atoms with Crippen molar-refractivity contribution < 1.29 is 9.18 Å². The molecule has 0 spiro atoms. The summed E-state index contributed by atoms with van der Waals surface area (Å²) < 4.78 is 13.5. The standard InChI is InChI=1S/C19H28FN3O.ClH/c1-15-5-6-16(13-18(15)20)21-19(24)14-22-11-7-17(8-12-22)23-9-3-2-4-10-23;/h5-6,13,17H,2-4,7-12,14H2,1H3,(H,21,24);1H. The third-order valence-corrected chi connectivity index (χ3v) is 5.29. The van der Waals surface area contributed by atoms with Crippen molar-refractivity contribution in [2.45, 2.75) is 45.1 Å². The summed E-state index contributed by atoms with van der Waals surface area (Å²) in [6.07, 6.45) is 6.32. The lowest BCUT2D eigenvalue weighted by molar-refractivity contribution is -0.117. The van der Waals surface area contributed by atoms with Gasteiger partial charge in [0.25, 0.3) is 0 Å². The van der Waals surface area contributed by atoms with Crippen molar-refractivity contribution in [2.75, 3.05) is 38.0 Å². The molecule has 1 aromatic rings. The predicted octanol–water partition coefficient (Wildman–Crippen LogP) is 3.44. The van der Waals surface area contributed by atoms with Crippen LogP contribution in [0.2, 0.25) is 0 Å². The van der Waals surface area contributed by atoms with Crippen molar-refractivity contribution in [1.82, 2.24) is 9.80 Å². The van der Waals surface area contributed by atoms with Gasteiger partial charge in [-0.2, -0.15) is 0 Å². The second-order valence-electron chi connectivity index (χ2n) is 7.12. The summed E-state index contributed by atoms with van der Waals surface area (Å²) >= 11 is 0. The van der Waals surface area contributed by atoms with E-state index in [0.29, 0.717) is 23.8 Å². The fourth-order valence-electron chi connectivity index (χ4n) is 3.80. The van der Waals surface area contributed by atoms with Gasteiger partial charge in [-0.15, -0.1) is 12.4 Å². The largest absolute Gasteiger partial charge is 0.325 e. The van der Waals surface area contributed by atoms with Crippen molar-refractivity contribution in [1.29, 1.82) is 0 Å². The van der Waals surface area contributed by atoms with Crippen LogP contribution in [0.25, 0.3) is 0 Å². The number of piperidine rings is 2. The van der Waals surface area contributed by atoms with E-state index in [9.17, 15) is 9.18 Å². The van der Waals surface area contributed by atoms with Gasteiger partial charge >= 0.3 is 0 Å². The van der Waals surface area contributed by atoms with E-state index in [4.69, 9.17) is 0 Å². The third-order valence-electron chi connectivity index (χ3n) is 5.29. The zero-order chi connectivity index (χ0) is 16.9. The average molecular weight is 370 g/mol. The molecule has 2 fully saturated rings. The predicted molar refractivity (Wildman–Crippen MR) is 102 cm³/mol. The Morgan fingerprint density at radius 3 is 2.48 bits per heavy atom. The second kappa shape index (κ2) is 9.51. The van der Waals surface area contributed by atoms with Gasteiger partial charge in [-0.25, -0.2) is 4.39 Å². The van der Waals surface area contributed by atoms with Gasteiger partial charge < -0.3 is 10.2 Å². The second-order valence-corrected chi connectivity index (χ2v) is 7.12. The summed E-state index contributed by atoms with van der Waals surface area (Å²) in [6, 6.07) is 5.51. The number of rotatable bonds is 4. The lowest BCUT2D eigenvalue weighted by Gasteiger charge is -2.40. The van der Waals surface area contributed by atoms with Crippen LogP contribution in [0.15, 0.2) is 18.2 Å². The highest BCUT2D eigenvalue weighted by molar-refractivity contribution is 5.92. The third kappa shape index (κ3) is 5.66. The van der Waals surface area contributed by atoms with E-state index < -0.39 is 0 Å². The number of halogens is 2. The Balaban J connectivity index is 0.00000225. The van der Waals surface area contributed by atoms with Gasteiger partial charge in [0, 0.05) is 24.8 Å². The first-order valence-corrected chi connectivity index (χ1v) is 9.14. The Kier molecular flexibility index (Phi) is 7.66. The maximum Gasteiger partial charge on any atom is 0.238 e. The first kappa shape index (κ1) is 20.1. The first-order chi connectivity index (χ1) is 11.6. The Morgan fingerprint density at radius 2 is 1.84 bits per heavy atom. The molecule has 0 atom stereocenters. The molecule has 4 nitrogen and oxygen atoms in total. The number of carbonyl (C=O) groups excluding carboxylic acids is 1. The van der Waals surface area contributed by atoms with Crippen LogP contribution in [-0.2, 0) is 4.79 Å². The van der Waals surface area contributed by atoms with Crippen molar-refractivity contribution in [3.63, 3.8) is 0 Å². The minimum absolute atomic E-state index is 0. The Bertz CT molecular complexity index is 570. The molecule has 0 unspecified atom stereocenters. The molecule has 2 saturated heterocycles. The van der Waals surface area contributed by atoms with E-state index >= 15 is 0 Å². The SMILES string of the molecule is Cc1ccc(NC(=O)CN2CCC(N3CCCCC3)CC2)cc1F.Cl. The number of nitrogens with one attached hydrogen (secondary N) is 1. The average Bonchev–Trinajstić information content (AvgIpc) is 2.59. The molecule has 1 N–H and O–H groups in total. The summed E-state index contributed by atoms with van der Waals surface area (Å²) in [5.41, 5.74) is 1.12. The molecular formula is C19H29ClFN3O. The minimum Gasteiger partial charge on any atom is -0.325 e. The van der Waals surface area contributed by atoms with Gasteiger partial charge in [-0.3, -0.25) is 9.69 Å². The van der Waals surface area contributed by atoms with E-state index in [2.05, 4.69) is 15.1 Å². The molecule has 0 aliphatic carbocycles. The number of aryl methyl sites for hydroxylation is 1. The molecule has 1 aromatic carbocycles. The zero-order valence-electron chi connectivity index (χ0n) is 15.0. The number of carbonyl (C=O) groups is 1. The Hall–Kier alpha value is -1.17. The smallest absolute Gasteiger partial charge is 0.238 e. The topological polar surface area (TPSA) is 35.6 Å². The molecule has 2 heterocycles. The highest BCUT2D eigenvalue weighted by atomic mass is 35.5. The van der Waals surface area contributed by atoms with Crippen LogP contribution in [0, 0.1) is 12.7 Å². The normalized spacial score (nSPS) is 20.1. The van der Waals surface area contributed by atoms with Gasteiger partial charge in [0.15, 0.2) is 0 Å². The van der Waals surface area contributed by atoms with Gasteiger partial charge in [-0.05, 0) is 63.4 Å². The maximum atomic E-state index is 13.5. The molecule has 1 amide bonds. The van der Waals surface area contributed by atoms with Crippen molar-refractivity contribution in [3.8, 4) is 0 Å². The van der Waals surface area contributed by atoms with E-state index in [1.807, 2.05) is 0 Å². The molecule has 0 saturated carbocycles. The fourth-order valence-corrected chi connectivity index (χ4v) is 3.80. The lowest BCUT2D eigenvalue weighted by Crippen LogP contribution is -2.48. The van der Waals surface area contributed by atoms with Crippen LogP contribution in [0.5, 0.6) is 0 Å². The number of nitrogens with zero attached hydrogens (tertiary/aromatic N) is 2. The lowest BCUT2D eigenvalue weighted by atomic mass is 10.00. The number of benzene rings is 1. The van der Waals surface area contributed by atoms with Crippen LogP contribution in [0.3, 0.4) is 0 Å². The summed E-state index contributed by atoms with van der Waals surface area (Å²) in [7, 11) is 0. The van der Waals surface area contributed by atoms with Crippen molar-refractivity contribution >= 4 is 24.0 Å². The molecule has 2 aliphatic heterocycles. The number of hydrogen-bond donors (Lipinski definition) is 1. The molecule has 0 radical (unpaired) electrons. The number of likely N-dealkylation sites (tertiary alicyclic amines) is 2. The Morgan fingerprint density at radius 1 is 1.16 bits per heavy atom. The van der Waals surface area contributed by atoms with Crippen LogP contribution in [-0.4, -0.2) is 54.5 Å². The number of hydrogen-bond acceptors (Lipinski definition) is 3. The molecular weight excluding hydrogens is 341 g/mol. The Labute approximate surface area is 156 Å². The quantitative estimate of drug-likeness (QED) is 0.883.